The van der Waals surface area contributed by atoms with Crippen molar-refractivity contribution >= 4 is 46.6 Å². The largest absolute Gasteiger partial charge is 0.497 e. The lowest BCUT2D eigenvalue weighted by atomic mass is 9.96. The van der Waals surface area contributed by atoms with Crippen molar-refractivity contribution in [3.05, 3.63) is 94.6 Å². The number of carbonyl (C=O) groups excluding carboxylic acids is 1. The summed E-state index contributed by atoms with van der Waals surface area (Å²) in [7, 11) is 1.58. The molecule has 34 heavy (non-hydrogen) atoms. The van der Waals surface area contributed by atoms with Gasteiger partial charge in [0.05, 0.1) is 35.1 Å². The van der Waals surface area contributed by atoms with Gasteiger partial charge in [-0.1, -0.05) is 52.7 Å². The topological polar surface area (TPSA) is 69.9 Å². The molecule has 0 amide bonds. The minimum absolute atomic E-state index is 0.303. The number of rotatable bonds is 5. The minimum atomic E-state index is -0.711. The van der Waals surface area contributed by atoms with Crippen LogP contribution in [0.2, 0.25) is 10.0 Å². The van der Waals surface area contributed by atoms with E-state index in [1.165, 1.54) is 15.9 Å². The van der Waals surface area contributed by atoms with Crippen molar-refractivity contribution in [3.63, 3.8) is 0 Å². The molecule has 3 aromatic rings. The van der Waals surface area contributed by atoms with E-state index in [2.05, 4.69) is 4.99 Å². The Morgan fingerprint density at radius 3 is 2.38 bits per heavy atom. The first-order valence-electron chi connectivity index (χ1n) is 10.5. The summed E-state index contributed by atoms with van der Waals surface area (Å²) < 4.78 is 12.7. The molecule has 0 spiro atoms. The molecule has 1 aliphatic rings. The van der Waals surface area contributed by atoms with Crippen molar-refractivity contribution in [2.24, 2.45) is 4.99 Å². The second-order valence-electron chi connectivity index (χ2n) is 7.94. The van der Waals surface area contributed by atoms with Gasteiger partial charge in [0.15, 0.2) is 4.80 Å². The van der Waals surface area contributed by atoms with Crippen molar-refractivity contribution in [1.82, 2.24) is 4.57 Å². The van der Waals surface area contributed by atoms with E-state index in [0.717, 1.165) is 5.56 Å². The van der Waals surface area contributed by atoms with Crippen LogP contribution in [0.25, 0.3) is 6.08 Å². The van der Waals surface area contributed by atoms with Crippen LogP contribution in [0.15, 0.2) is 63.5 Å². The van der Waals surface area contributed by atoms with E-state index in [1.54, 1.807) is 64.3 Å². The Morgan fingerprint density at radius 2 is 1.79 bits per heavy atom. The first kappa shape index (κ1) is 24.3. The first-order chi connectivity index (χ1) is 16.2. The number of aromatic nitrogens is 1. The van der Waals surface area contributed by atoms with Crippen LogP contribution < -0.4 is 19.6 Å². The molecule has 0 saturated heterocycles. The molecule has 0 saturated carbocycles. The van der Waals surface area contributed by atoms with Gasteiger partial charge in [-0.3, -0.25) is 9.36 Å². The molecule has 0 unspecified atom stereocenters. The number of benzene rings is 2. The molecule has 0 aliphatic carbocycles. The van der Waals surface area contributed by atoms with Crippen LogP contribution in [0.1, 0.15) is 37.9 Å². The zero-order valence-corrected chi connectivity index (χ0v) is 21.3. The van der Waals surface area contributed by atoms with Gasteiger partial charge in [-0.15, -0.1) is 0 Å². The second-order valence-corrected chi connectivity index (χ2v) is 9.77. The Balaban J connectivity index is 1.97. The maximum Gasteiger partial charge on any atom is 0.338 e. The highest BCUT2D eigenvalue weighted by Crippen LogP contribution is 2.32. The quantitative estimate of drug-likeness (QED) is 0.468. The first-order valence-corrected chi connectivity index (χ1v) is 12.1. The average molecular weight is 517 g/mol. The third-order valence-corrected chi connectivity index (χ3v) is 6.93. The number of halogens is 2. The molecular weight excluding hydrogens is 495 g/mol. The molecule has 0 N–H and O–H groups in total. The molecule has 1 aliphatic heterocycles. The zero-order chi connectivity index (χ0) is 24.6. The third kappa shape index (κ3) is 4.56. The van der Waals surface area contributed by atoms with Gasteiger partial charge in [-0.2, -0.15) is 0 Å². The minimum Gasteiger partial charge on any atom is -0.497 e. The molecule has 176 valence electrons. The number of fused-ring (bicyclic) bond motifs is 1. The fourth-order valence-corrected chi connectivity index (χ4v) is 5.28. The van der Waals surface area contributed by atoms with E-state index in [4.69, 9.17) is 32.7 Å². The van der Waals surface area contributed by atoms with Crippen LogP contribution in [-0.4, -0.2) is 23.8 Å². The lowest BCUT2D eigenvalue weighted by molar-refractivity contribution is -0.143. The molecular formula is C25H22Cl2N2O4S. The van der Waals surface area contributed by atoms with Crippen LogP contribution in [0.3, 0.4) is 0 Å². The fraction of sp³-hybridized carbons (Fsp3) is 0.240. The van der Waals surface area contributed by atoms with Crippen molar-refractivity contribution in [3.8, 4) is 5.75 Å². The van der Waals surface area contributed by atoms with Gasteiger partial charge >= 0.3 is 5.97 Å². The highest BCUT2D eigenvalue weighted by Gasteiger charge is 2.33. The second kappa shape index (κ2) is 9.78. The molecule has 1 aromatic heterocycles. The predicted octanol–water partition coefficient (Wildman–Crippen LogP) is 4.50. The van der Waals surface area contributed by atoms with Crippen LogP contribution >= 0.6 is 34.5 Å². The summed E-state index contributed by atoms with van der Waals surface area (Å²) in [5.74, 6) is 0.150. The molecule has 0 fully saturated rings. The number of carbonyl (C=O) groups is 1. The Bertz CT molecular complexity index is 1450. The van der Waals surface area contributed by atoms with Crippen LogP contribution in [0, 0.1) is 0 Å². The Labute approximate surface area is 210 Å². The SMILES string of the molecule is COc1ccc([C@H]2C(C(=O)OC(C)C)=C(C)N=c3s/c(=C\c4c(Cl)cccc4Cl)c(=O)n32)cc1. The number of ether oxygens (including phenoxy) is 2. The Morgan fingerprint density at radius 1 is 1.15 bits per heavy atom. The lowest BCUT2D eigenvalue weighted by Crippen LogP contribution is -2.40. The summed E-state index contributed by atoms with van der Waals surface area (Å²) in [5.41, 5.74) is 1.79. The highest BCUT2D eigenvalue weighted by molar-refractivity contribution is 7.07. The summed E-state index contributed by atoms with van der Waals surface area (Å²) in [5, 5.41) is 0.866. The van der Waals surface area contributed by atoms with Crippen molar-refractivity contribution in [2.75, 3.05) is 7.11 Å². The number of thiazole rings is 1. The summed E-state index contributed by atoms with van der Waals surface area (Å²) in [6.07, 6.45) is 1.33. The normalized spacial score (nSPS) is 15.9. The van der Waals surface area contributed by atoms with E-state index in [-0.39, 0.29) is 11.7 Å². The fourth-order valence-electron chi connectivity index (χ4n) is 3.74. The third-order valence-electron chi connectivity index (χ3n) is 5.29. The van der Waals surface area contributed by atoms with Crippen molar-refractivity contribution in [2.45, 2.75) is 32.9 Å². The standard InChI is InChI=1S/C25H22Cl2N2O4S/c1-13(2)33-24(31)21-14(3)28-25-29(22(21)15-8-10-16(32-4)11-9-15)23(30)20(34-25)12-17-18(26)6-5-7-19(17)27/h5-13,22H,1-4H3/b20-12-/t22-/m0/s1. The molecule has 1 atom stereocenters. The molecule has 4 rings (SSSR count). The van der Waals surface area contributed by atoms with E-state index in [9.17, 15) is 9.59 Å². The molecule has 2 aromatic carbocycles. The lowest BCUT2D eigenvalue weighted by Gasteiger charge is -2.25. The Kier molecular flexibility index (Phi) is 6.98. The molecule has 9 heteroatoms. The summed E-state index contributed by atoms with van der Waals surface area (Å²) in [4.78, 5) is 31.8. The predicted molar refractivity (Wildman–Crippen MR) is 134 cm³/mol. The molecule has 2 heterocycles. The number of nitrogens with zero attached hydrogens (tertiary/aromatic N) is 2. The number of methoxy groups -OCH3 is 1. The van der Waals surface area contributed by atoms with Crippen LogP contribution in [0.5, 0.6) is 5.75 Å². The van der Waals surface area contributed by atoms with Gasteiger partial charge < -0.3 is 9.47 Å². The molecule has 0 radical (unpaired) electrons. The van der Waals surface area contributed by atoms with Gasteiger partial charge in [0.1, 0.15) is 5.75 Å². The van der Waals surface area contributed by atoms with Gasteiger partial charge in [-0.25, -0.2) is 9.79 Å². The summed E-state index contributed by atoms with van der Waals surface area (Å²) in [6, 6.07) is 11.7. The van der Waals surface area contributed by atoms with E-state index in [1.807, 2.05) is 12.1 Å². The van der Waals surface area contributed by atoms with Crippen LogP contribution in [-0.2, 0) is 9.53 Å². The number of hydrogen-bond acceptors (Lipinski definition) is 6. The smallest absolute Gasteiger partial charge is 0.338 e. The number of esters is 1. The Hall–Kier alpha value is -2.87. The van der Waals surface area contributed by atoms with Crippen molar-refractivity contribution in [1.29, 1.82) is 0 Å². The number of allylic oxidation sites excluding steroid dienone is 1. The maximum atomic E-state index is 13.6. The summed E-state index contributed by atoms with van der Waals surface area (Å²) >= 11 is 13.9. The maximum absolute atomic E-state index is 13.6. The molecule has 0 bridgehead atoms. The van der Waals surface area contributed by atoms with E-state index < -0.39 is 12.0 Å². The van der Waals surface area contributed by atoms with E-state index >= 15 is 0 Å². The van der Waals surface area contributed by atoms with Crippen LogP contribution in [0.4, 0.5) is 0 Å². The number of hydrogen-bond donors (Lipinski definition) is 0. The zero-order valence-electron chi connectivity index (χ0n) is 19.0. The van der Waals surface area contributed by atoms with Gasteiger partial charge in [-0.05, 0) is 56.7 Å². The molecule has 6 nitrogen and oxygen atoms in total. The van der Waals surface area contributed by atoms with Gasteiger partial charge in [0.2, 0.25) is 0 Å². The monoisotopic (exact) mass is 516 g/mol. The summed E-state index contributed by atoms with van der Waals surface area (Å²) in [6.45, 7) is 5.30. The van der Waals surface area contributed by atoms with Crippen molar-refractivity contribution < 1.29 is 14.3 Å². The van der Waals surface area contributed by atoms with Gasteiger partial charge in [0.25, 0.3) is 5.56 Å². The van der Waals surface area contributed by atoms with Gasteiger partial charge in [0, 0.05) is 15.6 Å². The highest BCUT2D eigenvalue weighted by atomic mass is 35.5. The average Bonchev–Trinajstić information content (AvgIpc) is 3.09. The van der Waals surface area contributed by atoms with E-state index in [0.29, 0.717) is 42.0 Å².